The molecule has 0 fully saturated rings. The van der Waals surface area contributed by atoms with Gasteiger partial charge in [0.25, 0.3) is 0 Å². The van der Waals surface area contributed by atoms with Gasteiger partial charge in [-0.15, -0.1) is 0 Å². The fraction of sp³-hybridized carbons (Fsp3) is 0.312. The van der Waals surface area contributed by atoms with Crippen molar-refractivity contribution in [2.45, 2.75) is 26.2 Å². The van der Waals surface area contributed by atoms with E-state index in [1.54, 1.807) is 6.08 Å². The molecule has 1 aromatic rings. The Kier molecular flexibility index (Phi) is 6.75. The predicted molar refractivity (Wildman–Crippen MR) is 85.1 cm³/mol. The lowest BCUT2D eigenvalue weighted by Crippen LogP contribution is -1.90. The Morgan fingerprint density at radius 1 is 1.30 bits per heavy atom. The maximum absolute atomic E-state index is 11.0. The standard InChI is InChI=1S/C16H19NO2S/c1-3-4-5-7-12-16(13-14-17-20(2,18)19)15-10-8-6-9-11-15/h6,8-11,13-14H,3-5H2,1-2H3/b16-13+,17-14+. The normalized spacial score (nSPS) is 12.2. The van der Waals surface area contributed by atoms with Crippen LogP contribution in [0.2, 0.25) is 0 Å². The van der Waals surface area contributed by atoms with Crippen LogP contribution in [-0.2, 0) is 10.0 Å². The summed E-state index contributed by atoms with van der Waals surface area (Å²) >= 11 is 0. The Balaban J connectivity index is 2.98. The monoisotopic (exact) mass is 289 g/mol. The van der Waals surface area contributed by atoms with E-state index in [4.69, 9.17) is 0 Å². The molecule has 0 bridgehead atoms. The molecule has 0 aliphatic carbocycles. The number of allylic oxidation sites excluding steroid dienone is 2. The van der Waals surface area contributed by atoms with E-state index < -0.39 is 10.0 Å². The SMILES string of the molecule is CCCCC#C/C(=C\C=N\S(C)(=O)=O)c1ccccc1. The highest BCUT2D eigenvalue weighted by Crippen LogP contribution is 2.12. The molecule has 1 rings (SSSR count). The number of benzene rings is 1. The van der Waals surface area contributed by atoms with Crippen LogP contribution in [0.15, 0.2) is 40.8 Å². The van der Waals surface area contributed by atoms with Gasteiger partial charge < -0.3 is 0 Å². The van der Waals surface area contributed by atoms with Crippen molar-refractivity contribution in [3.63, 3.8) is 0 Å². The maximum atomic E-state index is 11.0. The van der Waals surface area contributed by atoms with E-state index in [1.807, 2.05) is 30.3 Å². The van der Waals surface area contributed by atoms with E-state index in [1.165, 1.54) is 6.21 Å². The van der Waals surface area contributed by atoms with E-state index in [-0.39, 0.29) is 0 Å². The minimum Gasteiger partial charge on any atom is -0.205 e. The van der Waals surface area contributed by atoms with Gasteiger partial charge >= 0.3 is 0 Å². The highest BCUT2D eigenvalue weighted by atomic mass is 32.2. The molecular formula is C16H19NO2S. The Bertz CT molecular complexity index is 632. The zero-order valence-electron chi connectivity index (χ0n) is 11.8. The summed E-state index contributed by atoms with van der Waals surface area (Å²) in [6, 6.07) is 9.65. The minimum atomic E-state index is -3.35. The lowest BCUT2D eigenvalue weighted by Gasteiger charge is -1.98. The van der Waals surface area contributed by atoms with E-state index in [0.717, 1.165) is 36.7 Å². The Labute approximate surface area is 121 Å². The summed E-state index contributed by atoms with van der Waals surface area (Å²) in [4.78, 5) is 0. The van der Waals surface area contributed by atoms with Crippen LogP contribution in [0.1, 0.15) is 31.7 Å². The van der Waals surface area contributed by atoms with Gasteiger partial charge in [0.2, 0.25) is 10.0 Å². The molecule has 0 heterocycles. The van der Waals surface area contributed by atoms with Gasteiger partial charge in [-0.1, -0.05) is 55.5 Å². The average Bonchev–Trinajstić information content (AvgIpc) is 2.41. The van der Waals surface area contributed by atoms with Gasteiger partial charge in [0.1, 0.15) is 0 Å². The zero-order valence-corrected chi connectivity index (χ0v) is 12.7. The summed E-state index contributed by atoms with van der Waals surface area (Å²) in [6.07, 6.45) is 6.99. The first-order valence-electron chi connectivity index (χ1n) is 6.53. The molecule has 0 atom stereocenters. The summed E-state index contributed by atoms with van der Waals surface area (Å²) in [5.41, 5.74) is 1.73. The first kappa shape index (κ1) is 16.2. The number of sulfonamides is 1. The Morgan fingerprint density at radius 3 is 2.60 bits per heavy atom. The summed E-state index contributed by atoms with van der Waals surface area (Å²) in [5.74, 6) is 6.19. The third kappa shape index (κ3) is 6.91. The Hall–Kier alpha value is -1.86. The highest BCUT2D eigenvalue weighted by molar-refractivity contribution is 7.89. The second-order valence-electron chi connectivity index (χ2n) is 4.34. The van der Waals surface area contributed by atoms with Crippen molar-refractivity contribution in [2.75, 3.05) is 6.26 Å². The van der Waals surface area contributed by atoms with Crippen LogP contribution in [-0.4, -0.2) is 20.9 Å². The molecule has 4 heteroatoms. The highest BCUT2D eigenvalue weighted by Gasteiger charge is 1.97. The molecular weight excluding hydrogens is 270 g/mol. The van der Waals surface area contributed by atoms with E-state index >= 15 is 0 Å². The van der Waals surface area contributed by atoms with Crippen molar-refractivity contribution in [1.29, 1.82) is 0 Å². The van der Waals surface area contributed by atoms with Crippen LogP contribution in [0.4, 0.5) is 0 Å². The van der Waals surface area contributed by atoms with E-state index in [9.17, 15) is 8.42 Å². The molecule has 0 spiro atoms. The van der Waals surface area contributed by atoms with Gasteiger partial charge in [0.05, 0.1) is 6.26 Å². The topological polar surface area (TPSA) is 46.5 Å². The lowest BCUT2D eigenvalue weighted by atomic mass is 10.1. The first-order valence-corrected chi connectivity index (χ1v) is 8.37. The molecule has 0 saturated carbocycles. The van der Waals surface area contributed by atoms with Crippen molar-refractivity contribution in [1.82, 2.24) is 0 Å². The van der Waals surface area contributed by atoms with Crippen LogP contribution < -0.4 is 0 Å². The minimum absolute atomic E-state index is 0.772. The maximum Gasteiger partial charge on any atom is 0.250 e. The molecule has 0 aliphatic heterocycles. The second-order valence-corrected chi connectivity index (χ2v) is 6.02. The summed E-state index contributed by atoms with van der Waals surface area (Å²) in [7, 11) is -3.35. The lowest BCUT2D eigenvalue weighted by molar-refractivity contribution is 0.604. The van der Waals surface area contributed by atoms with Gasteiger partial charge in [0, 0.05) is 18.2 Å². The van der Waals surface area contributed by atoms with Gasteiger partial charge in [-0.25, -0.2) is 8.42 Å². The largest absolute Gasteiger partial charge is 0.250 e. The first-order chi connectivity index (χ1) is 9.53. The van der Waals surface area contributed by atoms with Crippen LogP contribution in [0.5, 0.6) is 0 Å². The van der Waals surface area contributed by atoms with Gasteiger partial charge in [-0.2, -0.15) is 4.40 Å². The van der Waals surface area contributed by atoms with Crippen molar-refractivity contribution in [2.24, 2.45) is 4.40 Å². The fourth-order valence-corrected chi connectivity index (χ4v) is 1.75. The molecule has 1 aromatic carbocycles. The molecule has 0 radical (unpaired) electrons. The fourth-order valence-electron chi connectivity index (χ4n) is 1.47. The summed E-state index contributed by atoms with van der Waals surface area (Å²) in [5, 5.41) is 0. The molecule has 0 aliphatic rings. The van der Waals surface area contributed by atoms with Crippen LogP contribution >= 0.6 is 0 Å². The second kappa shape index (κ2) is 8.34. The molecule has 0 N–H and O–H groups in total. The number of hydrogen-bond donors (Lipinski definition) is 0. The molecule has 0 unspecified atom stereocenters. The molecule has 3 nitrogen and oxygen atoms in total. The van der Waals surface area contributed by atoms with Gasteiger partial charge in [-0.05, 0) is 18.1 Å². The predicted octanol–water partition coefficient (Wildman–Crippen LogP) is 3.29. The van der Waals surface area contributed by atoms with Crippen molar-refractivity contribution in [3.8, 4) is 11.8 Å². The number of rotatable bonds is 5. The van der Waals surface area contributed by atoms with Crippen molar-refractivity contribution >= 4 is 21.8 Å². The van der Waals surface area contributed by atoms with Gasteiger partial charge in [-0.3, -0.25) is 0 Å². The number of hydrogen-bond acceptors (Lipinski definition) is 2. The molecule has 0 amide bonds. The van der Waals surface area contributed by atoms with Crippen LogP contribution in [0.25, 0.3) is 5.57 Å². The van der Waals surface area contributed by atoms with Crippen molar-refractivity contribution in [3.05, 3.63) is 42.0 Å². The van der Waals surface area contributed by atoms with Crippen LogP contribution in [0.3, 0.4) is 0 Å². The molecule has 0 aromatic heterocycles. The Morgan fingerprint density at radius 2 is 2.00 bits per heavy atom. The number of unbranched alkanes of at least 4 members (excludes halogenated alkanes) is 2. The summed E-state index contributed by atoms with van der Waals surface area (Å²) in [6.45, 7) is 2.12. The zero-order chi connectivity index (χ0) is 14.8. The molecule has 106 valence electrons. The molecule has 20 heavy (non-hydrogen) atoms. The van der Waals surface area contributed by atoms with Gasteiger partial charge in [0.15, 0.2) is 0 Å². The quantitative estimate of drug-likeness (QED) is 0.474. The smallest absolute Gasteiger partial charge is 0.205 e. The third-order valence-corrected chi connectivity index (χ3v) is 2.96. The number of nitrogens with zero attached hydrogens (tertiary/aromatic N) is 1. The molecule has 0 saturated heterocycles. The van der Waals surface area contributed by atoms with E-state index in [0.29, 0.717) is 0 Å². The summed E-state index contributed by atoms with van der Waals surface area (Å²) < 4.78 is 25.4. The van der Waals surface area contributed by atoms with Crippen molar-refractivity contribution < 1.29 is 8.42 Å². The average molecular weight is 289 g/mol. The van der Waals surface area contributed by atoms with Crippen LogP contribution in [0, 0.1) is 11.8 Å². The third-order valence-electron chi connectivity index (χ3n) is 2.46. The van der Waals surface area contributed by atoms with E-state index in [2.05, 4.69) is 23.2 Å².